The van der Waals surface area contributed by atoms with Crippen molar-refractivity contribution in [2.75, 3.05) is 0 Å². The van der Waals surface area contributed by atoms with Gasteiger partial charge in [0.2, 0.25) is 0 Å². The highest BCUT2D eigenvalue weighted by Crippen LogP contribution is 1.90. The Labute approximate surface area is 67.0 Å². The summed E-state index contributed by atoms with van der Waals surface area (Å²) in [7, 11) is 0. The van der Waals surface area contributed by atoms with Crippen LogP contribution >= 0.6 is 12.2 Å². The molecule has 0 amide bonds. The van der Waals surface area contributed by atoms with Gasteiger partial charge in [-0.15, -0.1) is 0 Å². The fourth-order valence-corrected chi connectivity index (χ4v) is 0.640. The van der Waals surface area contributed by atoms with E-state index in [0.717, 1.165) is 0 Å². The van der Waals surface area contributed by atoms with Gasteiger partial charge >= 0.3 is 0 Å². The molecule has 0 aliphatic carbocycles. The van der Waals surface area contributed by atoms with E-state index in [1.54, 1.807) is 4.90 Å². The number of rotatable bonds is 2. The lowest BCUT2D eigenvalue weighted by Gasteiger charge is -2.10. The van der Waals surface area contributed by atoms with Gasteiger partial charge in [-0.1, -0.05) is 12.2 Å². The normalized spacial score (nSPS) is 11.0. The molecule has 0 aromatic rings. The van der Waals surface area contributed by atoms with Crippen LogP contribution in [-0.2, 0) is 0 Å². The SMILES string of the molecule is CC=CN(C=CC)C(N)=S. The first-order valence-electron chi connectivity index (χ1n) is 3.05. The number of thiocarbonyl (C=S) groups is 1. The molecular weight excluding hydrogens is 144 g/mol. The van der Waals surface area contributed by atoms with Crippen LogP contribution in [0, 0.1) is 0 Å². The average molecular weight is 156 g/mol. The second-order valence-corrected chi connectivity index (χ2v) is 2.13. The van der Waals surface area contributed by atoms with Crippen molar-refractivity contribution in [3.8, 4) is 0 Å². The summed E-state index contributed by atoms with van der Waals surface area (Å²) >= 11 is 4.75. The van der Waals surface area contributed by atoms with E-state index in [1.807, 2.05) is 38.4 Å². The van der Waals surface area contributed by atoms with E-state index < -0.39 is 0 Å². The predicted octanol–water partition coefficient (Wildman–Crippen LogP) is 1.60. The lowest BCUT2D eigenvalue weighted by atomic mass is 10.6. The molecule has 0 aliphatic rings. The molecule has 0 heterocycles. The van der Waals surface area contributed by atoms with Gasteiger partial charge in [-0.25, -0.2) is 0 Å². The second-order valence-electron chi connectivity index (χ2n) is 1.71. The number of nitrogens with zero attached hydrogens (tertiary/aromatic N) is 1. The van der Waals surface area contributed by atoms with Crippen LogP contribution in [0.2, 0.25) is 0 Å². The van der Waals surface area contributed by atoms with Gasteiger partial charge in [0.15, 0.2) is 5.11 Å². The van der Waals surface area contributed by atoms with Crippen molar-refractivity contribution in [2.24, 2.45) is 5.73 Å². The van der Waals surface area contributed by atoms with E-state index in [4.69, 9.17) is 18.0 Å². The highest BCUT2D eigenvalue weighted by atomic mass is 32.1. The van der Waals surface area contributed by atoms with Gasteiger partial charge < -0.3 is 10.6 Å². The molecule has 0 aliphatic heterocycles. The lowest BCUT2D eigenvalue weighted by molar-refractivity contribution is 0.762. The van der Waals surface area contributed by atoms with E-state index in [9.17, 15) is 0 Å². The predicted molar refractivity (Wildman–Crippen MR) is 48.3 cm³/mol. The minimum atomic E-state index is 0.358. The van der Waals surface area contributed by atoms with Crippen molar-refractivity contribution < 1.29 is 0 Å². The van der Waals surface area contributed by atoms with Crippen LogP contribution in [0.1, 0.15) is 13.8 Å². The van der Waals surface area contributed by atoms with Crippen LogP contribution in [0.25, 0.3) is 0 Å². The van der Waals surface area contributed by atoms with Gasteiger partial charge in [-0.05, 0) is 26.1 Å². The Bertz CT molecular complexity index is 149. The summed E-state index contributed by atoms with van der Waals surface area (Å²) in [4.78, 5) is 1.68. The summed E-state index contributed by atoms with van der Waals surface area (Å²) in [6.07, 6.45) is 7.36. The number of hydrogen-bond donors (Lipinski definition) is 1. The van der Waals surface area contributed by atoms with Crippen LogP contribution < -0.4 is 5.73 Å². The molecule has 2 N–H and O–H groups in total. The Kier molecular flexibility index (Phi) is 4.58. The Morgan fingerprint density at radius 3 is 1.90 bits per heavy atom. The smallest absolute Gasteiger partial charge is 0.174 e. The second kappa shape index (κ2) is 4.99. The molecule has 0 aromatic carbocycles. The van der Waals surface area contributed by atoms with Crippen LogP contribution in [0.4, 0.5) is 0 Å². The van der Waals surface area contributed by atoms with Crippen LogP contribution in [-0.4, -0.2) is 10.0 Å². The Balaban J connectivity index is 4.11. The topological polar surface area (TPSA) is 29.3 Å². The van der Waals surface area contributed by atoms with E-state index >= 15 is 0 Å². The minimum Gasteiger partial charge on any atom is -0.376 e. The van der Waals surface area contributed by atoms with Gasteiger partial charge in [-0.3, -0.25) is 0 Å². The lowest BCUT2D eigenvalue weighted by Crippen LogP contribution is -2.25. The van der Waals surface area contributed by atoms with Gasteiger partial charge in [0, 0.05) is 12.4 Å². The third-order valence-corrected chi connectivity index (χ3v) is 1.08. The van der Waals surface area contributed by atoms with E-state index in [2.05, 4.69) is 0 Å². The molecule has 0 saturated carbocycles. The van der Waals surface area contributed by atoms with E-state index in [-0.39, 0.29) is 0 Å². The third kappa shape index (κ3) is 3.25. The van der Waals surface area contributed by atoms with Crippen LogP contribution in [0.15, 0.2) is 24.6 Å². The molecule has 0 unspecified atom stereocenters. The highest BCUT2D eigenvalue weighted by molar-refractivity contribution is 7.80. The molecule has 0 saturated heterocycles. The maximum absolute atomic E-state index is 5.36. The molecule has 0 rings (SSSR count). The quantitative estimate of drug-likeness (QED) is 0.616. The van der Waals surface area contributed by atoms with Gasteiger partial charge in [0.25, 0.3) is 0 Å². The van der Waals surface area contributed by atoms with Crippen LogP contribution in [0.3, 0.4) is 0 Å². The molecule has 2 nitrogen and oxygen atoms in total. The summed E-state index contributed by atoms with van der Waals surface area (Å²) < 4.78 is 0. The van der Waals surface area contributed by atoms with Gasteiger partial charge in [0.05, 0.1) is 0 Å². The molecule has 0 spiro atoms. The molecule has 0 radical (unpaired) electrons. The summed E-state index contributed by atoms with van der Waals surface area (Å²) in [6, 6.07) is 0. The number of nitrogens with two attached hydrogens (primary N) is 1. The van der Waals surface area contributed by atoms with Gasteiger partial charge in [-0.2, -0.15) is 0 Å². The first-order chi connectivity index (χ1) is 4.72. The molecule has 56 valence electrons. The maximum atomic E-state index is 5.36. The monoisotopic (exact) mass is 156 g/mol. The molecule has 3 heteroatoms. The average Bonchev–Trinajstić information content (AvgIpc) is 1.87. The molecule has 0 aromatic heterocycles. The van der Waals surface area contributed by atoms with Crippen molar-refractivity contribution in [1.29, 1.82) is 0 Å². The Morgan fingerprint density at radius 2 is 1.70 bits per heavy atom. The van der Waals surface area contributed by atoms with E-state index in [0.29, 0.717) is 5.11 Å². The molecule has 0 bridgehead atoms. The molecular formula is C7H12N2S. The summed E-state index contributed by atoms with van der Waals surface area (Å²) in [6.45, 7) is 3.82. The zero-order chi connectivity index (χ0) is 7.98. The third-order valence-electron chi connectivity index (χ3n) is 0.874. The number of allylic oxidation sites excluding steroid dienone is 2. The zero-order valence-corrected chi connectivity index (χ0v) is 7.06. The Hall–Kier alpha value is -0.830. The van der Waals surface area contributed by atoms with Crippen molar-refractivity contribution in [2.45, 2.75) is 13.8 Å². The highest BCUT2D eigenvalue weighted by Gasteiger charge is 1.92. The number of hydrogen-bond acceptors (Lipinski definition) is 1. The van der Waals surface area contributed by atoms with E-state index in [1.165, 1.54) is 0 Å². The molecule has 10 heavy (non-hydrogen) atoms. The van der Waals surface area contributed by atoms with Crippen molar-refractivity contribution in [3.63, 3.8) is 0 Å². The minimum absolute atomic E-state index is 0.358. The van der Waals surface area contributed by atoms with Crippen molar-refractivity contribution in [3.05, 3.63) is 24.6 Å². The molecule has 0 atom stereocenters. The van der Waals surface area contributed by atoms with Crippen molar-refractivity contribution in [1.82, 2.24) is 4.90 Å². The van der Waals surface area contributed by atoms with Crippen molar-refractivity contribution >= 4 is 17.3 Å². The Morgan fingerprint density at radius 1 is 1.30 bits per heavy atom. The molecule has 0 fully saturated rings. The van der Waals surface area contributed by atoms with Crippen LogP contribution in [0.5, 0.6) is 0 Å². The summed E-state index contributed by atoms with van der Waals surface area (Å²) in [5.74, 6) is 0. The first-order valence-corrected chi connectivity index (χ1v) is 3.46. The fourth-order valence-electron chi connectivity index (χ4n) is 0.518. The first kappa shape index (κ1) is 9.17. The largest absolute Gasteiger partial charge is 0.376 e. The standard InChI is InChI=1S/C7H12N2S/c1-3-5-9(6-4-2)7(8)10/h3-6H,1-2H3,(H2,8,10). The fraction of sp³-hybridized carbons (Fsp3) is 0.286. The summed E-state index contributed by atoms with van der Waals surface area (Å²) in [5.41, 5.74) is 5.36. The van der Waals surface area contributed by atoms with Gasteiger partial charge in [0.1, 0.15) is 0 Å². The maximum Gasteiger partial charge on any atom is 0.174 e. The zero-order valence-electron chi connectivity index (χ0n) is 6.24. The summed E-state index contributed by atoms with van der Waals surface area (Å²) in [5, 5.41) is 0.358.